The van der Waals surface area contributed by atoms with Crippen LogP contribution in [0.4, 0.5) is 5.82 Å². The second-order valence-electron chi connectivity index (χ2n) is 6.04. The minimum absolute atomic E-state index is 0.624. The number of fused-ring (bicyclic) bond motifs is 1. The molecule has 0 spiro atoms. The number of likely N-dealkylation sites (N-methyl/N-ethyl adjacent to an activating group) is 1. The first-order chi connectivity index (χ1) is 10.2. The Morgan fingerprint density at radius 2 is 2.14 bits per heavy atom. The lowest BCUT2D eigenvalue weighted by Gasteiger charge is -2.23. The van der Waals surface area contributed by atoms with Crippen LogP contribution in [0.25, 0.3) is 10.8 Å². The molecule has 1 N–H and O–H groups in total. The number of aromatic nitrogens is 1. The molecule has 1 aromatic carbocycles. The Labute approximate surface area is 126 Å². The monoisotopic (exact) mass is 284 g/mol. The van der Waals surface area contributed by atoms with E-state index < -0.39 is 0 Å². The Balaban J connectivity index is 2.00. The molecule has 4 nitrogen and oxygen atoms in total. The molecule has 2 aromatic rings. The molecule has 2 heterocycles. The van der Waals surface area contributed by atoms with E-state index in [-0.39, 0.29) is 0 Å². The third-order valence-corrected chi connectivity index (χ3v) is 4.32. The predicted octanol–water partition coefficient (Wildman–Crippen LogP) is 2.09. The zero-order valence-electron chi connectivity index (χ0n) is 13.1. The van der Waals surface area contributed by atoms with Gasteiger partial charge in [0.25, 0.3) is 0 Å². The van der Waals surface area contributed by atoms with Crippen molar-refractivity contribution >= 4 is 16.6 Å². The van der Waals surface area contributed by atoms with Crippen LogP contribution < -0.4 is 10.2 Å². The summed E-state index contributed by atoms with van der Waals surface area (Å²) in [4.78, 5) is 9.67. The van der Waals surface area contributed by atoms with Crippen molar-refractivity contribution in [1.82, 2.24) is 15.2 Å². The minimum atomic E-state index is 0.624. The molecule has 0 saturated carbocycles. The van der Waals surface area contributed by atoms with Gasteiger partial charge in [-0.25, -0.2) is 4.98 Å². The molecule has 0 aliphatic carbocycles. The third-order valence-electron chi connectivity index (χ3n) is 4.32. The summed E-state index contributed by atoms with van der Waals surface area (Å²) < 4.78 is 0. The van der Waals surface area contributed by atoms with Crippen molar-refractivity contribution in [3.63, 3.8) is 0 Å². The van der Waals surface area contributed by atoms with Crippen LogP contribution in [0.2, 0.25) is 0 Å². The van der Waals surface area contributed by atoms with Crippen molar-refractivity contribution in [2.45, 2.75) is 19.0 Å². The zero-order valence-corrected chi connectivity index (χ0v) is 13.1. The number of pyridine rings is 1. The maximum Gasteiger partial charge on any atom is 0.136 e. The second-order valence-corrected chi connectivity index (χ2v) is 6.04. The second kappa shape index (κ2) is 6.00. The van der Waals surface area contributed by atoms with Crippen molar-refractivity contribution in [3.8, 4) is 0 Å². The van der Waals surface area contributed by atoms with Crippen LogP contribution in [0.15, 0.2) is 30.3 Å². The Morgan fingerprint density at radius 3 is 2.86 bits per heavy atom. The number of nitrogens with one attached hydrogen (secondary N) is 1. The van der Waals surface area contributed by atoms with Gasteiger partial charge in [0.15, 0.2) is 0 Å². The average Bonchev–Trinajstić information content (AvgIpc) is 2.96. The van der Waals surface area contributed by atoms with Crippen molar-refractivity contribution in [3.05, 3.63) is 36.0 Å². The lowest BCUT2D eigenvalue weighted by molar-refractivity contribution is 0.315. The van der Waals surface area contributed by atoms with Crippen LogP contribution in [0, 0.1) is 0 Å². The number of rotatable bonds is 4. The molecule has 1 fully saturated rings. The van der Waals surface area contributed by atoms with E-state index in [1.807, 2.05) is 7.05 Å². The molecule has 0 radical (unpaired) electrons. The van der Waals surface area contributed by atoms with Crippen LogP contribution in [0.1, 0.15) is 12.1 Å². The summed E-state index contributed by atoms with van der Waals surface area (Å²) in [6, 6.07) is 11.4. The van der Waals surface area contributed by atoms with Gasteiger partial charge in [0, 0.05) is 31.1 Å². The highest BCUT2D eigenvalue weighted by Crippen LogP contribution is 2.29. The fourth-order valence-electron chi connectivity index (χ4n) is 3.10. The van der Waals surface area contributed by atoms with Crippen LogP contribution in [-0.4, -0.2) is 50.2 Å². The number of hydrogen-bond acceptors (Lipinski definition) is 4. The van der Waals surface area contributed by atoms with Gasteiger partial charge in [-0.3, -0.25) is 0 Å². The van der Waals surface area contributed by atoms with Crippen LogP contribution >= 0.6 is 0 Å². The van der Waals surface area contributed by atoms with Crippen LogP contribution in [0.5, 0.6) is 0 Å². The van der Waals surface area contributed by atoms with Crippen molar-refractivity contribution in [2.75, 3.05) is 39.1 Å². The van der Waals surface area contributed by atoms with E-state index in [2.05, 4.69) is 59.5 Å². The van der Waals surface area contributed by atoms with Gasteiger partial charge < -0.3 is 15.1 Å². The van der Waals surface area contributed by atoms with Crippen LogP contribution in [-0.2, 0) is 6.54 Å². The first-order valence-electron chi connectivity index (χ1n) is 7.63. The predicted molar refractivity (Wildman–Crippen MR) is 88.8 cm³/mol. The fourth-order valence-corrected chi connectivity index (χ4v) is 3.10. The molecular formula is C17H24N4. The number of hydrogen-bond donors (Lipinski definition) is 1. The molecular weight excluding hydrogens is 260 g/mol. The molecule has 1 saturated heterocycles. The van der Waals surface area contributed by atoms with E-state index in [1.165, 1.54) is 17.2 Å². The van der Waals surface area contributed by atoms with E-state index in [1.54, 1.807) is 0 Å². The van der Waals surface area contributed by atoms with E-state index >= 15 is 0 Å². The Kier molecular flexibility index (Phi) is 4.08. The summed E-state index contributed by atoms with van der Waals surface area (Å²) in [5, 5.41) is 5.74. The standard InChI is InChI=1S/C17H24N4/c1-18-11-14-10-13-6-4-5-7-16(13)17(19-14)21-9-8-15(12-21)20(2)3/h4-7,10,15,18H,8-9,11-12H2,1-3H3. The normalized spacial score (nSPS) is 18.9. The topological polar surface area (TPSA) is 31.4 Å². The summed E-state index contributed by atoms with van der Waals surface area (Å²) in [6.45, 7) is 2.96. The van der Waals surface area contributed by atoms with E-state index in [4.69, 9.17) is 4.98 Å². The molecule has 21 heavy (non-hydrogen) atoms. The zero-order chi connectivity index (χ0) is 14.8. The molecule has 0 bridgehead atoms. The smallest absolute Gasteiger partial charge is 0.136 e. The first kappa shape index (κ1) is 14.3. The van der Waals surface area contributed by atoms with Gasteiger partial charge in [-0.1, -0.05) is 24.3 Å². The highest BCUT2D eigenvalue weighted by molar-refractivity contribution is 5.92. The molecule has 1 aliphatic heterocycles. The maximum atomic E-state index is 4.91. The van der Waals surface area contributed by atoms with Crippen molar-refractivity contribution in [2.24, 2.45) is 0 Å². The van der Waals surface area contributed by atoms with Gasteiger partial charge in [0.05, 0.1) is 5.69 Å². The van der Waals surface area contributed by atoms with Gasteiger partial charge in [-0.2, -0.15) is 0 Å². The summed E-state index contributed by atoms with van der Waals surface area (Å²) in [5.74, 6) is 1.14. The SMILES string of the molecule is CNCc1cc2ccccc2c(N2CCC(N(C)C)C2)n1. The van der Waals surface area contributed by atoms with Crippen molar-refractivity contribution in [1.29, 1.82) is 0 Å². The Hall–Kier alpha value is -1.65. The average molecular weight is 284 g/mol. The molecule has 1 atom stereocenters. The third kappa shape index (κ3) is 2.87. The Morgan fingerprint density at radius 1 is 1.33 bits per heavy atom. The largest absolute Gasteiger partial charge is 0.354 e. The first-order valence-corrected chi connectivity index (χ1v) is 7.63. The van der Waals surface area contributed by atoms with Gasteiger partial charge in [-0.15, -0.1) is 0 Å². The van der Waals surface area contributed by atoms with Gasteiger partial charge in [0.2, 0.25) is 0 Å². The van der Waals surface area contributed by atoms with Crippen LogP contribution in [0.3, 0.4) is 0 Å². The van der Waals surface area contributed by atoms with Gasteiger partial charge in [-0.05, 0) is 39.0 Å². The number of nitrogens with zero attached hydrogens (tertiary/aromatic N) is 3. The van der Waals surface area contributed by atoms with Gasteiger partial charge >= 0.3 is 0 Å². The molecule has 1 unspecified atom stereocenters. The van der Waals surface area contributed by atoms with E-state index in [0.29, 0.717) is 6.04 Å². The summed E-state index contributed by atoms with van der Waals surface area (Å²) in [5.41, 5.74) is 1.11. The highest BCUT2D eigenvalue weighted by atomic mass is 15.3. The molecule has 112 valence electrons. The fraction of sp³-hybridized carbons (Fsp3) is 0.471. The summed E-state index contributed by atoms with van der Waals surface area (Å²) >= 11 is 0. The quantitative estimate of drug-likeness (QED) is 0.931. The number of anilines is 1. The van der Waals surface area contributed by atoms with Crippen molar-refractivity contribution < 1.29 is 0 Å². The Bertz CT molecular complexity index is 623. The summed E-state index contributed by atoms with van der Waals surface area (Å²) in [7, 11) is 6.29. The minimum Gasteiger partial charge on any atom is -0.354 e. The molecule has 0 amide bonds. The maximum absolute atomic E-state index is 4.91. The van der Waals surface area contributed by atoms with E-state index in [0.717, 1.165) is 31.1 Å². The lowest BCUT2D eigenvalue weighted by Crippen LogP contribution is -2.31. The van der Waals surface area contributed by atoms with E-state index in [9.17, 15) is 0 Å². The number of benzene rings is 1. The molecule has 1 aromatic heterocycles. The lowest BCUT2D eigenvalue weighted by atomic mass is 10.1. The van der Waals surface area contributed by atoms with Gasteiger partial charge in [0.1, 0.15) is 5.82 Å². The highest BCUT2D eigenvalue weighted by Gasteiger charge is 2.26. The molecule has 3 rings (SSSR count). The summed E-state index contributed by atoms with van der Waals surface area (Å²) in [6.07, 6.45) is 1.21. The molecule has 4 heteroatoms. The molecule has 1 aliphatic rings.